The van der Waals surface area contributed by atoms with E-state index in [0.717, 1.165) is 0 Å². The molecule has 0 aliphatic heterocycles. The Labute approximate surface area is 104 Å². The van der Waals surface area contributed by atoms with Gasteiger partial charge in [0.15, 0.2) is 5.41 Å². The molecule has 0 aromatic carbocycles. The molecule has 0 atom stereocenters. The van der Waals surface area contributed by atoms with Gasteiger partial charge in [-0.15, -0.1) is 0 Å². The average molecular weight is 403 g/mol. The Morgan fingerprint density at radius 2 is 1.33 bits per heavy atom. The van der Waals surface area contributed by atoms with Gasteiger partial charge in [-0.05, 0) is 19.3 Å². The Kier molecular flexibility index (Phi) is 16.1. The van der Waals surface area contributed by atoms with Crippen LogP contribution in [0.15, 0.2) is 0 Å². The van der Waals surface area contributed by atoms with Crippen molar-refractivity contribution in [2.75, 3.05) is 7.18 Å². The molecule has 0 unspecified atom stereocenters. The van der Waals surface area contributed by atoms with Crippen molar-refractivity contribution in [2.24, 2.45) is 5.41 Å². The molecule has 1 saturated carbocycles. The Morgan fingerprint density at radius 3 is 1.33 bits per heavy atom. The van der Waals surface area contributed by atoms with Crippen molar-refractivity contribution >= 4 is 11.9 Å². The number of carboxylic acids is 2. The molecular weight excluding hydrogens is 386 g/mol. The molecule has 0 saturated heterocycles. The van der Waals surface area contributed by atoms with Gasteiger partial charge in [-0.3, -0.25) is 14.0 Å². The minimum absolute atomic E-state index is 0. The van der Waals surface area contributed by atoms with E-state index in [0.29, 0.717) is 13.6 Å². The average Bonchev–Trinajstić information content (AvgIpc) is 1.87. The molecular formula is C9H17FO4Pt. The van der Waals surface area contributed by atoms with Gasteiger partial charge in [0, 0.05) is 0 Å². The quantitative estimate of drug-likeness (QED) is 0.545. The van der Waals surface area contributed by atoms with Gasteiger partial charge >= 0.3 is 33.0 Å². The maximum absolute atomic E-state index is 10.4. The van der Waals surface area contributed by atoms with Crippen molar-refractivity contribution < 1.29 is 45.3 Å². The molecule has 1 fully saturated rings. The molecule has 1 rings (SSSR count). The fraction of sp³-hybridized carbons (Fsp3) is 0.556. The standard InChI is InChI=1S/C6H8O4.CH3F.2CH3.Pt/c7-4(8)6(5(9)10)2-1-3-6;1-2;;;/h1-3H2,(H,7,8)(H,9,10);1H3;2*1H3;/q;;2*-1;+2. The Balaban J connectivity index is -0.000000114. The maximum atomic E-state index is 10.4. The minimum Gasteiger partial charge on any atom is -0.480 e. The van der Waals surface area contributed by atoms with Crippen LogP contribution < -0.4 is 0 Å². The third kappa shape index (κ3) is 4.74. The van der Waals surface area contributed by atoms with E-state index in [4.69, 9.17) is 10.2 Å². The molecule has 0 spiro atoms. The molecule has 94 valence electrons. The van der Waals surface area contributed by atoms with Crippen molar-refractivity contribution in [3.63, 3.8) is 0 Å². The van der Waals surface area contributed by atoms with E-state index in [-0.39, 0.29) is 48.8 Å². The summed E-state index contributed by atoms with van der Waals surface area (Å²) in [6.07, 6.45) is 1.26. The van der Waals surface area contributed by atoms with E-state index < -0.39 is 17.4 Å². The van der Waals surface area contributed by atoms with Crippen LogP contribution in [0, 0.1) is 20.3 Å². The molecule has 0 heterocycles. The molecule has 6 heteroatoms. The molecule has 0 radical (unpaired) electrons. The predicted octanol–water partition coefficient (Wildman–Crippen LogP) is 1.81. The van der Waals surface area contributed by atoms with Crippen molar-refractivity contribution in [2.45, 2.75) is 19.3 Å². The van der Waals surface area contributed by atoms with E-state index in [2.05, 4.69) is 0 Å². The van der Waals surface area contributed by atoms with Gasteiger partial charge in [-0.25, -0.2) is 0 Å². The summed E-state index contributed by atoms with van der Waals surface area (Å²) in [4.78, 5) is 20.7. The first-order valence-electron chi connectivity index (χ1n) is 3.44. The first kappa shape index (κ1) is 24.0. The van der Waals surface area contributed by atoms with E-state index >= 15 is 0 Å². The zero-order chi connectivity index (χ0) is 9.78. The first-order chi connectivity index (χ1) is 5.59. The van der Waals surface area contributed by atoms with Crippen molar-refractivity contribution in [1.82, 2.24) is 0 Å². The minimum atomic E-state index is -1.44. The number of halogens is 1. The second kappa shape index (κ2) is 10.1. The van der Waals surface area contributed by atoms with Crippen LogP contribution in [-0.4, -0.2) is 29.3 Å². The summed E-state index contributed by atoms with van der Waals surface area (Å²) < 4.78 is 9.50. The summed E-state index contributed by atoms with van der Waals surface area (Å²) in [7, 11) is 0.500. The third-order valence-electron chi connectivity index (χ3n) is 2.03. The summed E-state index contributed by atoms with van der Waals surface area (Å²) in [5.74, 6) is -2.41. The number of alkyl halides is 1. The van der Waals surface area contributed by atoms with Crippen LogP contribution in [-0.2, 0) is 30.7 Å². The molecule has 1 aliphatic rings. The Hall–Kier alpha value is -0.442. The molecule has 4 nitrogen and oxygen atoms in total. The van der Waals surface area contributed by atoms with Gasteiger partial charge in [0.2, 0.25) is 0 Å². The van der Waals surface area contributed by atoms with Crippen LogP contribution in [0.2, 0.25) is 0 Å². The van der Waals surface area contributed by atoms with Gasteiger partial charge in [0.1, 0.15) is 0 Å². The number of aliphatic carboxylic acids is 2. The number of hydrogen-bond donors (Lipinski definition) is 2. The van der Waals surface area contributed by atoms with Crippen LogP contribution in [0.4, 0.5) is 4.39 Å². The largest absolute Gasteiger partial charge is 2.00 e. The molecule has 0 bridgehead atoms. The molecule has 0 aromatic heterocycles. The molecule has 1 aliphatic carbocycles. The summed E-state index contributed by atoms with van der Waals surface area (Å²) in [6.45, 7) is 0. The summed E-state index contributed by atoms with van der Waals surface area (Å²) in [6, 6.07) is 0. The van der Waals surface area contributed by atoms with Crippen molar-refractivity contribution in [1.29, 1.82) is 0 Å². The van der Waals surface area contributed by atoms with Gasteiger partial charge in [0.25, 0.3) is 0 Å². The second-order valence-electron chi connectivity index (χ2n) is 2.55. The van der Waals surface area contributed by atoms with Crippen LogP contribution >= 0.6 is 0 Å². The van der Waals surface area contributed by atoms with Gasteiger partial charge < -0.3 is 25.1 Å². The molecule has 2 N–H and O–H groups in total. The Bertz CT molecular complexity index is 177. The number of rotatable bonds is 2. The fourth-order valence-corrected chi connectivity index (χ4v) is 1.05. The van der Waals surface area contributed by atoms with E-state index in [1.54, 1.807) is 0 Å². The Morgan fingerprint density at radius 1 is 1.07 bits per heavy atom. The zero-order valence-corrected chi connectivity index (χ0v) is 11.3. The second-order valence-corrected chi connectivity index (χ2v) is 2.55. The number of hydrogen-bond acceptors (Lipinski definition) is 2. The summed E-state index contributed by atoms with van der Waals surface area (Å²) in [5, 5.41) is 16.9. The summed E-state index contributed by atoms with van der Waals surface area (Å²) >= 11 is 0. The molecule has 15 heavy (non-hydrogen) atoms. The number of carboxylic acid groups (broad SMARTS) is 2. The van der Waals surface area contributed by atoms with Crippen LogP contribution in [0.3, 0.4) is 0 Å². The van der Waals surface area contributed by atoms with Gasteiger partial charge in [0.05, 0.1) is 7.18 Å². The number of carbonyl (C=O) groups is 2. The van der Waals surface area contributed by atoms with Gasteiger partial charge in [-0.1, -0.05) is 0 Å². The fourth-order valence-electron chi connectivity index (χ4n) is 1.05. The van der Waals surface area contributed by atoms with Crippen molar-refractivity contribution in [3.05, 3.63) is 14.9 Å². The third-order valence-corrected chi connectivity index (χ3v) is 2.03. The normalized spacial score (nSPS) is 14.5. The van der Waals surface area contributed by atoms with E-state index in [1.165, 1.54) is 0 Å². The van der Waals surface area contributed by atoms with Crippen LogP contribution in [0.1, 0.15) is 19.3 Å². The molecule has 0 amide bonds. The van der Waals surface area contributed by atoms with Gasteiger partial charge in [-0.2, -0.15) is 0 Å². The first-order valence-corrected chi connectivity index (χ1v) is 3.44. The smallest absolute Gasteiger partial charge is 0.480 e. The maximum Gasteiger partial charge on any atom is 2.00 e. The van der Waals surface area contributed by atoms with E-state index in [1.807, 2.05) is 0 Å². The zero-order valence-electron chi connectivity index (χ0n) is 9.03. The van der Waals surface area contributed by atoms with E-state index in [9.17, 15) is 14.0 Å². The van der Waals surface area contributed by atoms with Crippen LogP contribution in [0.25, 0.3) is 0 Å². The topological polar surface area (TPSA) is 74.6 Å². The molecule has 0 aromatic rings. The van der Waals surface area contributed by atoms with Crippen LogP contribution in [0.5, 0.6) is 0 Å². The predicted molar refractivity (Wildman–Crippen MR) is 51.4 cm³/mol. The summed E-state index contributed by atoms with van der Waals surface area (Å²) in [5.41, 5.74) is -1.44. The SMILES string of the molecule is CF.O=C(O)C1(C(=O)O)CCC1.[CH3-].[CH3-].[Pt+2]. The van der Waals surface area contributed by atoms with Crippen molar-refractivity contribution in [3.8, 4) is 0 Å². The monoisotopic (exact) mass is 403 g/mol.